The van der Waals surface area contributed by atoms with E-state index in [1.807, 2.05) is 77.6 Å². The van der Waals surface area contributed by atoms with Crippen LogP contribution < -0.4 is 20.3 Å². The van der Waals surface area contributed by atoms with Gasteiger partial charge in [-0.1, -0.05) is 18.7 Å². The molecule has 2 heterocycles. The highest BCUT2D eigenvalue weighted by Gasteiger charge is 2.32. The third-order valence-corrected chi connectivity index (χ3v) is 6.21. The second-order valence-electron chi connectivity index (χ2n) is 8.85. The van der Waals surface area contributed by atoms with E-state index in [1.165, 1.54) is 7.11 Å². The Bertz CT molecular complexity index is 1480. The minimum atomic E-state index is -0.369. The number of methoxy groups -OCH3 is 1. The Balaban J connectivity index is 1.19. The quantitative estimate of drug-likeness (QED) is 0.294. The number of carbonyl (C=O) groups is 1. The maximum atomic E-state index is 12.4. The number of benzene rings is 3. The average Bonchev–Trinajstić information content (AvgIpc) is 3.45. The first kappa shape index (κ1) is 24.5. The fourth-order valence-corrected chi connectivity index (χ4v) is 4.38. The van der Waals surface area contributed by atoms with Crippen molar-refractivity contribution < 1.29 is 14.3 Å². The zero-order chi connectivity index (χ0) is 26.5. The van der Waals surface area contributed by atoms with E-state index in [2.05, 4.69) is 28.2 Å². The molecule has 1 fully saturated rings. The molecule has 0 radical (unpaired) electrons. The van der Waals surface area contributed by atoms with Crippen LogP contribution in [0.15, 0.2) is 104 Å². The molecular formula is C30H27N5O3. The van der Waals surface area contributed by atoms with E-state index in [1.54, 1.807) is 18.2 Å². The molecule has 8 nitrogen and oxygen atoms in total. The van der Waals surface area contributed by atoms with Gasteiger partial charge < -0.3 is 29.6 Å². The Kier molecular flexibility index (Phi) is 7.00. The summed E-state index contributed by atoms with van der Waals surface area (Å²) in [6.45, 7) is 5.40. The van der Waals surface area contributed by atoms with E-state index in [-0.39, 0.29) is 12.1 Å². The fourth-order valence-electron chi connectivity index (χ4n) is 4.38. The van der Waals surface area contributed by atoms with E-state index in [4.69, 9.17) is 14.7 Å². The largest absolute Gasteiger partial charge is 0.487 e. The highest BCUT2D eigenvalue weighted by Crippen LogP contribution is 2.33. The van der Waals surface area contributed by atoms with Gasteiger partial charge in [0.25, 0.3) is 0 Å². The van der Waals surface area contributed by atoms with Crippen molar-refractivity contribution in [2.24, 2.45) is 0 Å². The number of hydrogen-bond donors (Lipinski definition) is 2. The molecule has 4 aromatic rings. The molecule has 0 bridgehead atoms. The van der Waals surface area contributed by atoms with Crippen LogP contribution in [0, 0.1) is 11.3 Å². The Morgan fingerprint density at radius 2 is 1.68 bits per heavy atom. The Morgan fingerprint density at radius 1 is 0.974 bits per heavy atom. The van der Waals surface area contributed by atoms with Gasteiger partial charge in [-0.05, 0) is 66.7 Å². The van der Waals surface area contributed by atoms with Gasteiger partial charge in [-0.3, -0.25) is 0 Å². The summed E-state index contributed by atoms with van der Waals surface area (Å²) in [4.78, 5) is 14.6. The van der Waals surface area contributed by atoms with Gasteiger partial charge in [0.15, 0.2) is 0 Å². The van der Waals surface area contributed by atoms with Gasteiger partial charge in [-0.25, -0.2) is 4.79 Å². The van der Waals surface area contributed by atoms with Crippen LogP contribution in [0.25, 0.3) is 5.69 Å². The van der Waals surface area contributed by atoms with Crippen LogP contribution in [0.2, 0.25) is 0 Å². The topological polar surface area (TPSA) is 91.5 Å². The third kappa shape index (κ3) is 5.32. The molecule has 1 aliphatic rings. The number of esters is 1. The van der Waals surface area contributed by atoms with Gasteiger partial charge in [0, 0.05) is 23.8 Å². The molecule has 0 atom stereocenters. The second kappa shape index (κ2) is 10.8. The number of hydrogen-bond acceptors (Lipinski definition) is 7. The van der Waals surface area contributed by atoms with Gasteiger partial charge in [0.05, 0.1) is 48.8 Å². The van der Waals surface area contributed by atoms with Crippen LogP contribution in [-0.2, 0) is 4.74 Å². The first-order chi connectivity index (χ1) is 18.5. The van der Waals surface area contributed by atoms with Crippen molar-refractivity contribution in [3.8, 4) is 17.5 Å². The number of para-hydroxylation sites is 1. The summed E-state index contributed by atoms with van der Waals surface area (Å²) < 4.78 is 13.1. The zero-order valence-electron chi connectivity index (χ0n) is 20.9. The molecule has 0 unspecified atom stereocenters. The molecule has 8 heteroatoms. The van der Waals surface area contributed by atoms with Crippen LogP contribution in [0.3, 0.4) is 0 Å². The summed E-state index contributed by atoms with van der Waals surface area (Å²) in [6, 6.07) is 26.5. The van der Waals surface area contributed by atoms with Crippen molar-refractivity contribution in [2.45, 2.75) is 6.10 Å². The Hall–Kier alpha value is -5.16. The molecule has 38 heavy (non-hydrogen) atoms. The van der Waals surface area contributed by atoms with E-state index in [0.29, 0.717) is 30.0 Å². The van der Waals surface area contributed by atoms with E-state index < -0.39 is 0 Å². The maximum absolute atomic E-state index is 12.4. The van der Waals surface area contributed by atoms with Crippen molar-refractivity contribution in [3.05, 3.63) is 115 Å². The molecule has 1 saturated heterocycles. The van der Waals surface area contributed by atoms with Crippen LogP contribution >= 0.6 is 0 Å². The molecular weight excluding hydrogens is 478 g/mol. The molecule has 0 amide bonds. The number of aromatic nitrogens is 1. The lowest BCUT2D eigenvalue weighted by Gasteiger charge is -2.41. The monoisotopic (exact) mass is 505 g/mol. The number of anilines is 3. The lowest BCUT2D eigenvalue weighted by molar-refractivity contribution is 0.0600. The minimum absolute atomic E-state index is 0.0251. The molecule has 1 aromatic heterocycles. The summed E-state index contributed by atoms with van der Waals surface area (Å²) in [5.74, 6) is 0.997. The van der Waals surface area contributed by atoms with Gasteiger partial charge in [0.2, 0.25) is 0 Å². The molecule has 0 spiro atoms. The SMILES string of the molecule is C=C(Nc1ccc(OC2CN(c3cccc(C(=O)OC)c3-n3cccc3)C2)cc1)Nc1cccc(C#N)c1. The molecule has 1 aliphatic heterocycles. The molecule has 190 valence electrons. The predicted octanol–water partition coefficient (Wildman–Crippen LogP) is 5.40. The number of ether oxygens (including phenoxy) is 2. The molecule has 5 rings (SSSR count). The molecule has 0 aliphatic carbocycles. The number of rotatable bonds is 9. The normalized spacial score (nSPS) is 12.7. The van der Waals surface area contributed by atoms with Crippen molar-refractivity contribution in [1.82, 2.24) is 4.57 Å². The van der Waals surface area contributed by atoms with Crippen molar-refractivity contribution in [3.63, 3.8) is 0 Å². The van der Waals surface area contributed by atoms with Crippen LogP contribution in [0.1, 0.15) is 15.9 Å². The van der Waals surface area contributed by atoms with Crippen LogP contribution in [-0.4, -0.2) is 36.8 Å². The predicted molar refractivity (Wildman–Crippen MR) is 148 cm³/mol. The minimum Gasteiger partial charge on any atom is -0.487 e. The Morgan fingerprint density at radius 3 is 2.39 bits per heavy atom. The number of nitrogens with one attached hydrogen (secondary N) is 2. The number of carbonyl (C=O) groups excluding carboxylic acids is 1. The number of nitrogens with zero attached hydrogens (tertiary/aromatic N) is 3. The molecule has 2 N–H and O–H groups in total. The van der Waals surface area contributed by atoms with Gasteiger partial charge in [0.1, 0.15) is 17.7 Å². The Labute approximate surface area is 221 Å². The standard InChI is InChI=1S/C30H27N5O3/c1-21(33-24-8-5-7-22(17-24)18-31)32-23-11-13-25(14-12-23)38-26-19-35(20-26)28-10-6-9-27(30(36)37-2)29(28)34-15-3-4-16-34/h3-17,26,32-33H,1,19-20H2,2H3. The second-order valence-corrected chi connectivity index (χ2v) is 8.85. The summed E-state index contributed by atoms with van der Waals surface area (Å²) in [5, 5.41) is 15.4. The zero-order valence-corrected chi connectivity index (χ0v) is 20.9. The number of nitriles is 1. The smallest absolute Gasteiger partial charge is 0.340 e. The average molecular weight is 506 g/mol. The first-order valence-electron chi connectivity index (χ1n) is 12.1. The molecule has 3 aromatic carbocycles. The van der Waals surface area contributed by atoms with Crippen molar-refractivity contribution in [2.75, 3.05) is 35.7 Å². The van der Waals surface area contributed by atoms with E-state index in [0.717, 1.165) is 28.5 Å². The first-order valence-corrected chi connectivity index (χ1v) is 12.1. The highest BCUT2D eigenvalue weighted by atomic mass is 16.5. The maximum Gasteiger partial charge on any atom is 0.340 e. The van der Waals surface area contributed by atoms with E-state index >= 15 is 0 Å². The van der Waals surface area contributed by atoms with Gasteiger partial charge >= 0.3 is 5.97 Å². The molecule has 0 saturated carbocycles. The van der Waals surface area contributed by atoms with Crippen molar-refractivity contribution in [1.29, 1.82) is 5.26 Å². The lowest BCUT2D eigenvalue weighted by Crippen LogP contribution is -2.54. The van der Waals surface area contributed by atoms with Crippen molar-refractivity contribution >= 4 is 23.0 Å². The summed E-state index contributed by atoms with van der Waals surface area (Å²) >= 11 is 0. The van der Waals surface area contributed by atoms with Crippen LogP contribution in [0.4, 0.5) is 17.1 Å². The van der Waals surface area contributed by atoms with Gasteiger partial charge in [-0.2, -0.15) is 5.26 Å². The lowest BCUT2D eigenvalue weighted by atomic mass is 10.1. The summed E-state index contributed by atoms with van der Waals surface area (Å²) in [5.41, 5.74) is 4.49. The summed E-state index contributed by atoms with van der Waals surface area (Å²) in [7, 11) is 1.39. The summed E-state index contributed by atoms with van der Waals surface area (Å²) in [6.07, 6.45) is 3.86. The van der Waals surface area contributed by atoms with Gasteiger partial charge in [-0.15, -0.1) is 0 Å². The third-order valence-electron chi connectivity index (χ3n) is 6.21. The van der Waals surface area contributed by atoms with Crippen LogP contribution in [0.5, 0.6) is 5.75 Å². The highest BCUT2D eigenvalue weighted by molar-refractivity contribution is 5.96. The van der Waals surface area contributed by atoms with E-state index in [9.17, 15) is 4.79 Å². The fraction of sp³-hybridized carbons (Fsp3) is 0.133.